The Morgan fingerprint density at radius 1 is 0.920 bits per heavy atom. The molecule has 25 heavy (non-hydrogen) atoms. The SMILES string of the molecule is COc1ccc([C@@H]2O[C@]3(C)O[C@@]2(C)C(=O)c2ccccc2C3=O)cc1. The van der Waals surface area contributed by atoms with Gasteiger partial charge in [-0.1, -0.05) is 36.4 Å². The molecule has 2 bridgehead atoms. The fourth-order valence-corrected chi connectivity index (χ4v) is 3.64. The molecular formula is C20H18O5. The van der Waals surface area contributed by atoms with Gasteiger partial charge in [-0.3, -0.25) is 9.59 Å². The van der Waals surface area contributed by atoms with Crippen molar-refractivity contribution in [2.75, 3.05) is 7.11 Å². The topological polar surface area (TPSA) is 61.8 Å². The highest BCUT2D eigenvalue weighted by Gasteiger charge is 2.62. The van der Waals surface area contributed by atoms with Crippen LogP contribution in [0.4, 0.5) is 0 Å². The third-order valence-electron chi connectivity index (χ3n) is 4.95. The molecule has 0 saturated carbocycles. The Balaban J connectivity index is 1.87. The molecule has 5 heteroatoms. The van der Waals surface area contributed by atoms with Gasteiger partial charge < -0.3 is 14.2 Å². The van der Waals surface area contributed by atoms with Crippen LogP contribution < -0.4 is 4.74 Å². The fraction of sp³-hybridized carbons (Fsp3) is 0.300. The third kappa shape index (κ3) is 2.16. The minimum atomic E-state index is -1.50. The van der Waals surface area contributed by atoms with Crippen molar-refractivity contribution in [2.45, 2.75) is 31.3 Å². The lowest BCUT2D eigenvalue weighted by atomic mass is 9.83. The van der Waals surface area contributed by atoms with Gasteiger partial charge in [0.05, 0.1) is 7.11 Å². The maximum Gasteiger partial charge on any atom is 0.232 e. The van der Waals surface area contributed by atoms with Crippen molar-refractivity contribution in [1.82, 2.24) is 0 Å². The second kappa shape index (κ2) is 5.25. The van der Waals surface area contributed by atoms with Gasteiger partial charge in [-0.25, -0.2) is 0 Å². The number of hydrogen-bond donors (Lipinski definition) is 0. The average molecular weight is 338 g/mol. The fourth-order valence-electron chi connectivity index (χ4n) is 3.64. The molecule has 0 aromatic heterocycles. The largest absolute Gasteiger partial charge is 0.497 e. The molecule has 2 heterocycles. The van der Waals surface area contributed by atoms with Crippen LogP contribution >= 0.6 is 0 Å². The van der Waals surface area contributed by atoms with Crippen LogP contribution in [0.15, 0.2) is 48.5 Å². The molecule has 2 aromatic rings. The summed E-state index contributed by atoms with van der Waals surface area (Å²) in [6, 6.07) is 14.0. The molecule has 3 atom stereocenters. The molecule has 4 rings (SSSR count). The Labute approximate surface area is 145 Å². The van der Waals surface area contributed by atoms with E-state index < -0.39 is 17.5 Å². The zero-order valence-electron chi connectivity index (χ0n) is 14.2. The molecule has 2 aromatic carbocycles. The van der Waals surface area contributed by atoms with Crippen molar-refractivity contribution in [1.29, 1.82) is 0 Å². The van der Waals surface area contributed by atoms with Crippen molar-refractivity contribution >= 4 is 11.6 Å². The lowest BCUT2D eigenvalue weighted by Gasteiger charge is -2.27. The Morgan fingerprint density at radius 2 is 1.52 bits per heavy atom. The third-order valence-corrected chi connectivity index (χ3v) is 4.95. The van der Waals surface area contributed by atoms with E-state index >= 15 is 0 Å². The van der Waals surface area contributed by atoms with Gasteiger partial charge in [0, 0.05) is 11.1 Å². The second-order valence-electron chi connectivity index (χ2n) is 6.63. The summed E-state index contributed by atoms with van der Waals surface area (Å²) in [4.78, 5) is 26.2. The first kappa shape index (κ1) is 16.0. The van der Waals surface area contributed by atoms with Gasteiger partial charge in [-0.15, -0.1) is 0 Å². The van der Waals surface area contributed by atoms with Gasteiger partial charge in [-0.2, -0.15) is 0 Å². The predicted molar refractivity (Wildman–Crippen MR) is 89.8 cm³/mol. The van der Waals surface area contributed by atoms with E-state index in [-0.39, 0.29) is 11.6 Å². The first-order valence-electron chi connectivity index (χ1n) is 8.09. The molecule has 0 N–H and O–H groups in total. The highest BCUT2D eigenvalue weighted by Crippen LogP contribution is 2.50. The molecule has 0 spiro atoms. The Hall–Kier alpha value is -2.50. The minimum absolute atomic E-state index is 0.251. The second-order valence-corrected chi connectivity index (χ2v) is 6.63. The number of methoxy groups -OCH3 is 1. The van der Waals surface area contributed by atoms with E-state index in [2.05, 4.69) is 0 Å². The van der Waals surface area contributed by atoms with Crippen LogP contribution in [0, 0.1) is 0 Å². The zero-order chi connectivity index (χ0) is 17.8. The van der Waals surface area contributed by atoms with Crippen molar-refractivity contribution in [2.24, 2.45) is 0 Å². The first-order valence-corrected chi connectivity index (χ1v) is 8.09. The number of rotatable bonds is 2. The van der Waals surface area contributed by atoms with Crippen molar-refractivity contribution in [3.63, 3.8) is 0 Å². The van der Waals surface area contributed by atoms with Crippen molar-refractivity contribution in [3.8, 4) is 5.75 Å². The zero-order valence-corrected chi connectivity index (χ0v) is 14.2. The highest BCUT2D eigenvalue weighted by atomic mass is 16.8. The van der Waals surface area contributed by atoms with E-state index in [0.29, 0.717) is 16.9 Å². The standard InChI is InChI=1S/C20H18O5/c1-19-16(21)14-6-4-5-7-15(14)17(22)20(2,25-19)24-18(19)12-8-10-13(23-3)11-9-12/h4-11,18H,1-3H3/t18-,19-,20+/m0/s1. The van der Waals surface area contributed by atoms with Crippen LogP contribution in [0.25, 0.3) is 0 Å². The maximum atomic E-state index is 13.2. The van der Waals surface area contributed by atoms with E-state index in [9.17, 15) is 9.59 Å². The molecule has 5 nitrogen and oxygen atoms in total. The number of carbonyl (C=O) groups is 2. The van der Waals surface area contributed by atoms with Crippen molar-refractivity contribution in [3.05, 3.63) is 65.2 Å². The lowest BCUT2D eigenvalue weighted by molar-refractivity contribution is -0.131. The summed E-state index contributed by atoms with van der Waals surface area (Å²) in [6.07, 6.45) is -0.687. The van der Waals surface area contributed by atoms with Crippen LogP contribution in [-0.2, 0) is 9.47 Å². The van der Waals surface area contributed by atoms with E-state index in [1.54, 1.807) is 57.4 Å². The number of Topliss-reactive ketones (excluding diaryl/α,β-unsaturated/α-hetero) is 2. The summed E-state index contributed by atoms with van der Waals surface area (Å²) in [7, 11) is 1.59. The molecule has 0 amide bonds. The molecule has 2 aliphatic rings. The van der Waals surface area contributed by atoms with Crippen LogP contribution in [0.2, 0.25) is 0 Å². The van der Waals surface area contributed by atoms with E-state index in [1.165, 1.54) is 0 Å². The summed E-state index contributed by atoms with van der Waals surface area (Å²) < 4.78 is 17.2. The van der Waals surface area contributed by atoms with Crippen LogP contribution in [0.3, 0.4) is 0 Å². The van der Waals surface area contributed by atoms with Gasteiger partial charge in [0.1, 0.15) is 11.9 Å². The highest BCUT2D eigenvalue weighted by molar-refractivity contribution is 6.16. The molecule has 128 valence electrons. The summed E-state index contributed by atoms with van der Waals surface area (Å²) in [6.45, 7) is 3.26. The molecule has 2 aliphatic heterocycles. The molecule has 1 fully saturated rings. The first-order chi connectivity index (χ1) is 11.9. The Morgan fingerprint density at radius 3 is 2.12 bits per heavy atom. The summed E-state index contributed by atoms with van der Waals surface area (Å²) in [5.41, 5.74) is 0.186. The van der Waals surface area contributed by atoms with Gasteiger partial charge in [-0.05, 0) is 31.5 Å². The van der Waals surface area contributed by atoms with Crippen molar-refractivity contribution < 1.29 is 23.8 Å². The Kier molecular flexibility index (Phi) is 3.36. The van der Waals surface area contributed by atoms with Gasteiger partial charge in [0.15, 0.2) is 11.4 Å². The normalized spacial score (nSPS) is 30.8. The Bertz CT molecular complexity index is 872. The maximum absolute atomic E-state index is 13.2. The molecular weight excluding hydrogens is 320 g/mol. The monoisotopic (exact) mass is 338 g/mol. The summed E-state index contributed by atoms with van der Waals surface area (Å²) >= 11 is 0. The quantitative estimate of drug-likeness (QED) is 0.840. The lowest BCUT2D eigenvalue weighted by Crippen LogP contribution is -2.41. The minimum Gasteiger partial charge on any atom is -0.497 e. The smallest absolute Gasteiger partial charge is 0.232 e. The number of ketones is 2. The number of carbonyl (C=O) groups excluding carboxylic acids is 2. The van der Waals surface area contributed by atoms with E-state index in [4.69, 9.17) is 14.2 Å². The summed E-state index contributed by atoms with van der Waals surface area (Å²) in [5, 5.41) is 0. The molecule has 0 unspecified atom stereocenters. The van der Waals surface area contributed by atoms with Gasteiger partial charge >= 0.3 is 0 Å². The number of fused-ring (bicyclic) bond motifs is 3. The number of hydrogen-bond acceptors (Lipinski definition) is 5. The number of ether oxygens (including phenoxy) is 3. The number of benzene rings is 2. The van der Waals surface area contributed by atoms with E-state index in [1.807, 2.05) is 12.1 Å². The molecule has 0 aliphatic carbocycles. The molecule has 0 radical (unpaired) electrons. The van der Waals surface area contributed by atoms with Crippen LogP contribution in [-0.4, -0.2) is 30.1 Å². The van der Waals surface area contributed by atoms with Gasteiger partial charge in [0.2, 0.25) is 11.6 Å². The predicted octanol–water partition coefficient (Wildman–Crippen LogP) is 3.34. The summed E-state index contributed by atoms with van der Waals surface area (Å²) in [5.74, 6) is -1.39. The molecule has 1 saturated heterocycles. The van der Waals surface area contributed by atoms with Gasteiger partial charge in [0.25, 0.3) is 0 Å². The average Bonchev–Trinajstić information content (AvgIpc) is 2.90. The van der Waals surface area contributed by atoms with Crippen LogP contribution in [0.1, 0.15) is 46.2 Å². The van der Waals surface area contributed by atoms with E-state index in [0.717, 1.165) is 5.56 Å². The van der Waals surface area contributed by atoms with Crippen LogP contribution in [0.5, 0.6) is 5.75 Å².